The molecule has 0 unspecified atom stereocenters. The Kier molecular flexibility index (Phi) is 6.07. The molecular weight excluding hydrogens is 236 g/mol. The van der Waals surface area contributed by atoms with Gasteiger partial charge in [0.2, 0.25) is 5.91 Å². The standard InChI is InChI=1S/C12H22N2O4/c1-2-13(7-8-15)9-11(16)14-5-3-10(4-6-14)12(17)18/h10,15H,2-9H2,1H3,(H,17,18). The van der Waals surface area contributed by atoms with Gasteiger partial charge < -0.3 is 15.1 Å². The Morgan fingerprint density at radius 3 is 2.39 bits per heavy atom. The van der Waals surface area contributed by atoms with Crippen LogP contribution in [0.2, 0.25) is 0 Å². The number of hydrogen-bond donors (Lipinski definition) is 2. The molecule has 0 aliphatic carbocycles. The van der Waals surface area contributed by atoms with E-state index in [-0.39, 0.29) is 18.4 Å². The summed E-state index contributed by atoms with van der Waals surface area (Å²) in [7, 11) is 0. The van der Waals surface area contributed by atoms with Gasteiger partial charge in [-0.3, -0.25) is 14.5 Å². The number of rotatable bonds is 6. The lowest BCUT2D eigenvalue weighted by atomic mass is 9.97. The Labute approximate surface area is 107 Å². The number of aliphatic carboxylic acids is 1. The van der Waals surface area contributed by atoms with Crippen molar-refractivity contribution in [3.05, 3.63) is 0 Å². The summed E-state index contributed by atoms with van der Waals surface area (Å²) in [6, 6.07) is 0. The Balaban J connectivity index is 2.37. The van der Waals surface area contributed by atoms with Crippen LogP contribution in [0.25, 0.3) is 0 Å². The highest BCUT2D eigenvalue weighted by atomic mass is 16.4. The largest absolute Gasteiger partial charge is 0.481 e. The van der Waals surface area contributed by atoms with Crippen LogP contribution in [-0.4, -0.2) is 71.2 Å². The first kappa shape index (κ1) is 14.9. The first-order valence-corrected chi connectivity index (χ1v) is 6.42. The lowest BCUT2D eigenvalue weighted by Gasteiger charge is -2.31. The van der Waals surface area contributed by atoms with Gasteiger partial charge in [0, 0.05) is 19.6 Å². The number of amides is 1. The summed E-state index contributed by atoms with van der Waals surface area (Å²) in [6.07, 6.45) is 1.07. The van der Waals surface area contributed by atoms with Crippen molar-refractivity contribution >= 4 is 11.9 Å². The lowest BCUT2D eigenvalue weighted by Crippen LogP contribution is -2.45. The molecule has 104 valence electrons. The summed E-state index contributed by atoms with van der Waals surface area (Å²) in [5, 5.41) is 17.7. The number of piperidine rings is 1. The molecule has 0 atom stereocenters. The van der Waals surface area contributed by atoms with Crippen molar-refractivity contribution in [1.29, 1.82) is 0 Å². The minimum absolute atomic E-state index is 0.0224. The molecule has 1 amide bonds. The van der Waals surface area contributed by atoms with Crippen molar-refractivity contribution in [2.45, 2.75) is 19.8 Å². The summed E-state index contributed by atoms with van der Waals surface area (Å²) in [5.74, 6) is -1.06. The fourth-order valence-corrected chi connectivity index (χ4v) is 2.16. The Morgan fingerprint density at radius 2 is 1.94 bits per heavy atom. The molecule has 0 aromatic rings. The van der Waals surface area contributed by atoms with E-state index >= 15 is 0 Å². The predicted octanol–water partition coefficient (Wildman–Crippen LogP) is -0.376. The maximum atomic E-state index is 12.0. The van der Waals surface area contributed by atoms with Gasteiger partial charge in [0.1, 0.15) is 0 Å². The van der Waals surface area contributed by atoms with Gasteiger partial charge in [0.25, 0.3) is 0 Å². The van der Waals surface area contributed by atoms with Gasteiger partial charge in [-0.1, -0.05) is 6.92 Å². The van der Waals surface area contributed by atoms with Gasteiger partial charge in [-0.15, -0.1) is 0 Å². The fraction of sp³-hybridized carbons (Fsp3) is 0.833. The summed E-state index contributed by atoms with van der Waals surface area (Å²) in [5.41, 5.74) is 0. The van der Waals surface area contributed by atoms with E-state index in [1.807, 2.05) is 11.8 Å². The van der Waals surface area contributed by atoms with Crippen LogP contribution in [0, 0.1) is 5.92 Å². The third-order valence-electron chi connectivity index (χ3n) is 3.42. The number of carboxylic acid groups (broad SMARTS) is 1. The molecule has 18 heavy (non-hydrogen) atoms. The maximum absolute atomic E-state index is 12.0. The second-order valence-corrected chi connectivity index (χ2v) is 4.59. The van der Waals surface area contributed by atoms with E-state index < -0.39 is 5.97 Å². The van der Waals surface area contributed by atoms with Crippen LogP contribution in [0.15, 0.2) is 0 Å². The molecule has 1 heterocycles. The van der Waals surface area contributed by atoms with E-state index in [2.05, 4.69) is 0 Å². The van der Waals surface area contributed by atoms with Crippen molar-refractivity contribution in [3.63, 3.8) is 0 Å². The van der Waals surface area contributed by atoms with Crippen LogP contribution in [0.3, 0.4) is 0 Å². The quantitative estimate of drug-likeness (QED) is 0.679. The third-order valence-corrected chi connectivity index (χ3v) is 3.42. The topological polar surface area (TPSA) is 81.1 Å². The average molecular weight is 258 g/mol. The van der Waals surface area contributed by atoms with Crippen LogP contribution < -0.4 is 0 Å². The van der Waals surface area contributed by atoms with E-state index in [0.29, 0.717) is 39.0 Å². The monoisotopic (exact) mass is 258 g/mol. The average Bonchev–Trinajstić information content (AvgIpc) is 2.38. The molecule has 1 fully saturated rings. The van der Waals surface area contributed by atoms with Gasteiger partial charge in [-0.25, -0.2) is 0 Å². The number of likely N-dealkylation sites (tertiary alicyclic amines) is 1. The number of hydrogen-bond acceptors (Lipinski definition) is 4. The molecule has 6 nitrogen and oxygen atoms in total. The van der Waals surface area contributed by atoms with Gasteiger partial charge in [0.05, 0.1) is 19.1 Å². The minimum atomic E-state index is -0.766. The van der Waals surface area contributed by atoms with Crippen molar-refractivity contribution in [1.82, 2.24) is 9.80 Å². The summed E-state index contributed by atoms with van der Waals surface area (Å²) < 4.78 is 0. The SMILES string of the molecule is CCN(CCO)CC(=O)N1CCC(C(=O)O)CC1. The molecule has 0 spiro atoms. The van der Waals surface area contributed by atoms with E-state index in [9.17, 15) is 9.59 Å². The summed E-state index contributed by atoms with van der Waals surface area (Å²) in [6.45, 7) is 4.54. The number of carboxylic acids is 1. The Hall–Kier alpha value is -1.14. The maximum Gasteiger partial charge on any atom is 0.306 e. The molecular formula is C12H22N2O4. The first-order valence-electron chi connectivity index (χ1n) is 6.42. The zero-order chi connectivity index (χ0) is 13.5. The molecule has 0 saturated carbocycles. The number of likely N-dealkylation sites (N-methyl/N-ethyl adjacent to an activating group) is 1. The second kappa shape index (κ2) is 7.33. The number of aliphatic hydroxyl groups excluding tert-OH is 1. The summed E-state index contributed by atoms with van der Waals surface area (Å²) >= 11 is 0. The number of nitrogens with zero attached hydrogens (tertiary/aromatic N) is 2. The molecule has 2 N–H and O–H groups in total. The third kappa shape index (κ3) is 4.27. The summed E-state index contributed by atoms with van der Waals surface area (Å²) in [4.78, 5) is 26.4. The molecule has 1 aliphatic rings. The van der Waals surface area contributed by atoms with Crippen molar-refractivity contribution < 1.29 is 19.8 Å². The zero-order valence-electron chi connectivity index (χ0n) is 10.8. The van der Waals surface area contributed by atoms with Gasteiger partial charge in [0.15, 0.2) is 0 Å². The van der Waals surface area contributed by atoms with Gasteiger partial charge in [-0.2, -0.15) is 0 Å². The van der Waals surface area contributed by atoms with Crippen LogP contribution in [0.5, 0.6) is 0 Å². The molecule has 0 aromatic heterocycles. The van der Waals surface area contributed by atoms with Crippen LogP contribution in [0.1, 0.15) is 19.8 Å². The molecule has 0 bridgehead atoms. The fourth-order valence-electron chi connectivity index (χ4n) is 2.16. The predicted molar refractivity (Wildman–Crippen MR) is 66.1 cm³/mol. The molecule has 1 rings (SSSR count). The van der Waals surface area contributed by atoms with Gasteiger partial charge >= 0.3 is 5.97 Å². The van der Waals surface area contributed by atoms with Crippen molar-refractivity contribution in [3.8, 4) is 0 Å². The van der Waals surface area contributed by atoms with Gasteiger partial charge in [-0.05, 0) is 19.4 Å². The first-order chi connectivity index (χ1) is 8.58. The van der Waals surface area contributed by atoms with E-state index in [4.69, 9.17) is 10.2 Å². The van der Waals surface area contributed by atoms with Crippen LogP contribution >= 0.6 is 0 Å². The second-order valence-electron chi connectivity index (χ2n) is 4.59. The highest BCUT2D eigenvalue weighted by Gasteiger charge is 2.27. The number of carbonyl (C=O) groups is 2. The molecule has 6 heteroatoms. The Bertz CT molecular complexity index is 288. The number of carbonyl (C=O) groups excluding carboxylic acids is 1. The molecule has 0 aromatic carbocycles. The highest BCUT2D eigenvalue weighted by molar-refractivity contribution is 5.79. The van der Waals surface area contributed by atoms with E-state index in [0.717, 1.165) is 6.54 Å². The zero-order valence-corrected chi connectivity index (χ0v) is 10.8. The van der Waals surface area contributed by atoms with E-state index in [1.165, 1.54) is 0 Å². The van der Waals surface area contributed by atoms with Crippen molar-refractivity contribution in [2.24, 2.45) is 5.92 Å². The minimum Gasteiger partial charge on any atom is -0.481 e. The van der Waals surface area contributed by atoms with Crippen molar-refractivity contribution in [2.75, 3.05) is 39.3 Å². The van der Waals surface area contributed by atoms with Crippen LogP contribution in [-0.2, 0) is 9.59 Å². The Morgan fingerprint density at radius 1 is 1.33 bits per heavy atom. The highest BCUT2D eigenvalue weighted by Crippen LogP contribution is 2.17. The normalized spacial score (nSPS) is 17.2. The molecule has 0 radical (unpaired) electrons. The van der Waals surface area contributed by atoms with E-state index in [1.54, 1.807) is 4.90 Å². The molecule has 1 aliphatic heterocycles. The van der Waals surface area contributed by atoms with Crippen LogP contribution in [0.4, 0.5) is 0 Å². The smallest absolute Gasteiger partial charge is 0.306 e. The molecule has 1 saturated heterocycles. The lowest BCUT2D eigenvalue weighted by molar-refractivity contribution is -0.146. The number of aliphatic hydroxyl groups is 1.